The van der Waals surface area contributed by atoms with Crippen LogP contribution in [0.3, 0.4) is 0 Å². The van der Waals surface area contributed by atoms with Crippen LogP contribution in [0.1, 0.15) is 102 Å². The van der Waals surface area contributed by atoms with Crippen LogP contribution >= 0.6 is 0 Å². The Hall–Kier alpha value is -2.91. The van der Waals surface area contributed by atoms with E-state index in [-0.39, 0.29) is 24.7 Å². The molecule has 0 aromatic rings. The molecule has 2 aliphatic heterocycles. The van der Waals surface area contributed by atoms with Gasteiger partial charge in [-0.1, -0.05) is 66.2 Å². The highest BCUT2D eigenvalue weighted by atomic mass is 28.4. The minimum Gasteiger partial charge on any atom is -0.465 e. The second kappa shape index (κ2) is 22.9. The lowest BCUT2D eigenvalue weighted by Gasteiger charge is -2.48. The summed E-state index contributed by atoms with van der Waals surface area (Å²) >= 11 is 0. The van der Waals surface area contributed by atoms with Crippen molar-refractivity contribution in [1.29, 1.82) is 0 Å². The summed E-state index contributed by atoms with van der Waals surface area (Å²) in [4.78, 5) is 66.2. The number of cyclic esters (lactones) is 1. The van der Waals surface area contributed by atoms with E-state index in [0.29, 0.717) is 12.8 Å². The van der Waals surface area contributed by atoms with E-state index in [1.54, 1.807) is 19.1 Å². The molecule has 0 aromatic carbocycles. The number of hydrogen-bond acceptors (Lipinski definition) is 13. The summed E-state index contributed by atoms with van der Waals surface area (Å²) in [6, 6.07) is 1.89. The van der Waals surface area contributed by atoms with E-state index in [1.807, 2.05) is 59.7 Å². The fourth-order valence-corrected chi connectivity index (χ4v) is 11.0. The molecule has 2 aliphatic rings. The molecular formula is C42H71NO12Si. The Morgan fingerprint density at radius 3 is 1.96 bits per heavy atom. The van der Waals surface area contributed by atoms with E-state index < -0.39 is 98.9 Å². The van der Waals surface area contributed by atoms with E-state index in [2.05, 4.69) is 20.8 Å². The Balaban J connectivity index is 2.79. The van der Waals surface area contributed by atoms with Crippen molar-refractivity contribution in [3.8, 4) is 0 Å². The van der Waals surface area contributed by atoms with Crippen molar-refractivity contribution in [2.24, 2.45) is 23.7 Å². The smallest absolute Gasteiger partial charge is 0.308 e. The molecule has 0 aromatic heterocycles. The van der Waals surface area contributed by atoms with Gasteiger partial charge in [-0.05, 0) is 70.9 Å². The van der Waals surface area contributed by atoms with Gasteiger partial charge in [0.2, 0.25) is 0 Å². The molecule has 0 N–H and O–H groups in total. The molecule has 56 heavy (non-hydrogen) atoms. The van der Waals surface area contributed by atoms with Crippen LogP contribution in [-0.2, 0) is 56.8 Å². The number of nitrogens with zero attached hydrogens (tertiary/aromatic N) is 1. The first-order valence-electron chi connectivity index (χ1n) is 20.4. The Morgan fingerprint density at radius 2 is 1.45 bits per heavy atom. The molecule has 2 heterocycles. The lowest BCUT2D eigenvalue weighted by atomic mass is 9.82. The molecule has 0 bridgehead atoms. The maximum atomic E-state index is 14.1. The zero-order valence-electron chi connectivity index (χ0n) is 36.5. The summed E-state index contributed by atoms with van der Waals surface area (Å²) in [5.74, 6) is -3.60. The minimum atomic E-state index is -2.35. The Morgan fingerprint density at radius 1 is 0.857 bits per heavy atom. The molecule has 13 nitrogen and oxygen atoms in total. The highest BCUT2D eigenvalue weighted by Gasteiger charge is 2.52. The second-order valence-corrected chi connectivity index (χ2v) is 20.8. The normalized spacial score (nSPS) is 34.2. The average Bonchev–Trinajstić information content (AvgIpc) is 3.12. The summed E-state index contributed by atoms with van der Waals surface area (Å²) in [6.07, 6.45) is 0.546. The number of likely N-dealkylation sites (N-methyl/N-ethyl adjacent to an activating group) is 1. The molecule has 12 atom stereocenters. The molecule has 0 amide bonds. The number of allylic oxidation sites excluding steroid dienone is 3. The third kappa shape index (κ3) is 14.2. The van der Waals surface area contributed by atoms with Crippen molar-refractivity contribution < 1.29 is 56.8 Å². The Labute approximate surface area is 336 Å². The molecule has 2 rings (SSSR count). The molecule has 1 fully saturated rings. The Kier molecular flexibility index (Phi) is 20.1. The molecule has 0 saturated carbocycles. The van der Waals surface area contributed by atoms with Crippen LogP contribution in [0.15, 0.2) is 23.8 Å². The lowest BCUT2D eigenvalue weighted by molar-refractivity contribution is -0.307. The minimum absolute atomic E-state index is 0.00745. The molecule has 0 aliphatic carbocycles. The van der Waals surface area contributed by atoms with Crippen LogP contribution < -0.4 is 0 Å². The summed E-state index contributed by atoms with van der Waals surface area (Å²) in [5, 5.41) is 0. The largest absolute Gasteiger partial charge is 0.465 e. The van der Waals surface area contributed by atoms with Gasteiger partial charge in [0.15, 0.2) is 26.5 Å². The third-order valence-corrected chi connectivity index (χ3v) is 16.1. The zero-order valence-corrected chi connectivity index (χ0v) is 37.5. The number of ether oxygens (including phenoxy) is 6. The second-order valence-electron chi connectivity index (χ2n) is 16.0. The lowest BCUT2D eigenvalue weighted by Crippen LogP contribution is -2.65. The van der Waals surface area contributed by atoms with Crippen LogP contribution in [0.5, 0.6) is 0 Å². The molecule has 6 unspecified atom stereocenters. The first-order chi connectivity index (χ1) is 26.2. The number of carbonyl (C=O) groups excluding carboxylic acids is 5. The van der Waals surface area contributed by atoms with Crippen LogP contribution in [0.2, 0.25) is 18.1 Å². The molecule has 0 radical (unpaired) electrons. The van der Waals surface area contributed by atoms with Gasteiger partial charge in [-0.3, -0.25) is 28.9 Å². The Bertz CT molecular complexity index is 1370. The number of ketones is 1. The van der Waals surface area contributed by atoms with E-state index in [0.717, 1.165) is 23.7 Å². The summed E-state index contributed by atoms with van der Waals surface area (Å²) in [7, 11) is 1.27. The van der Waals surface area contributed by atoms with Crippen molar-refractivity contribution in [3.63, 3.8) is 0 Å². The van der Waals surface area contributed by atoms with Gasteiger partial charge in [0, 0.05) is 38.5 Å². The van der Waals surface area contributed by atoms with Gasteiger partial charge in [0.25, 0.3) is 0 Å². The van der Waals surface area contributed by atoms with Gasteiger partial charge in [-0.15, -0.1) is 0 Å². The van der Waals surface area contributed by atoms with Crippen LogP contribution in [0.4, 0.5) is 0 Å². The van der Waals surface area contributed by atoms with Gasteiger partial charge in [-0.2, -0.15) is 0 Å². The fourth-order valence-electron chi connectivity index (χ4n) is 8.07. The first kappa shape index (κ1) is 49.2. The molecule has 14 heteroatoms. The van der Waals surface area contributed by atoms with Crippen molar-refractivity contribution in [2.45, 2.75) is 169 Å². The fraction of sp³-hybridized carbons (Fsp3) is 0.786. The van der Waals surface area contributed by atoms with Crippen molar-refractivity contribution in [1.82, 2.24) is 4.90 Å². The highest BCUT2D eigenvalue weighted by molar-refractivity contribution is 6.73. The van der Waals surface area contributed by atoms with Gasteiger partial charge in [0.05, 0.1) is 30.8 Å². The summed E-state index contributed by atoms with van der Waals surface area (Å²) in [5.41, 5.74) is 0.764. The predicted molar refractivity (Wildman–Crippen MR) is 215 cm³/mol. The topological polar surface area (TPSA) is 153 Å². The number of hydrogen-bond donors (Lipinski definition) is 0. The molecular weight excluding hydrogens is 739 g/mol. The number of rotatable bonds is 13. The standard InChI is InChI=1S/C42H71NO12Si/c1-15-35-33(24-49-30(10)44)21-25(5)19-20-34(47)26(6)22-27(7)39(28(8)36(23-37(48)53-35)55-56(16-2,17-3)18-4)54-42-41(52-32(12)46)38(43(13)14)40(29(9)50-42)51-31(11)45/h19-21,26-29,33,35-36,38-42H,15-18,22-24H2,1-14H3/b20-19+,25-21+/t26-,27+,28+,29?,33?,35-,36-,38?,39+,40?,41?,42?/m1/s1. The van der Waals surface area contributed by atoms with Crippen molar-refractivity contribution in [2.75, 3.05) is 20.7 Å². The van der Waals surface area contributed by atoms with E-state index in [9.17, 15) is 24.0 Å². The molecule has 0 spiro atoms. The number of esters is 4. The van der Waals surface area contributed by atoms with E-state index in [1.165, 1.54) is 20.8 Å². The van der Waals surface area contributed by atoms with Crippen LogP contribution in [0, 0.1) is 23.7 Å². The van der Waals surface area contributed by atoms with Gasteiger partial charge in [-0.25, -0.2) is 0 Å². The van der Waals surface area contributed by atoms with Crippen LogP contribution in [-0.4, -0.2) is 113 Å². The first-order valence-corrected chi connectivity index (χ1v) is 23.0. The monoisotopic (exact) mass is 809 g/mol. The SMILES string of the molecule is CC[C@H]1OC(=O)C[C@@H](O[Si](CC)(CC)CC)[C@H](C)[C@@H](OC2OC(C)C(OC(C)=O)C(N(C)C)C2OC(C)=O)[C@@H](C)C[C@@H](C)C(=O)/C=C/C(C)=C/C1COC(C)=O. The average molecular weight is 810 g/mol. The summed E-state index contributed by atoms with van der Waals surface area (Å²) in [6.45, 7) is 21.8. The van der Waals surface area contributed by atoms with Gasteiger partial charge >= 0.3 is 23.9 Å². The van der Waals surface area contributed by atoms with Crippen LogP contribution in [0.25, 0.3) is 0 Å². The van der Waals surface area contributed by atoms with Crippen molar-refractivity contribution >= 4 is 38.0 Å². The maximum Gasteiger partial charge on any atom is 0.308 e. The predicted octanol–water partition coefficient (Wildman–Crippen LogP) is 6.58. The molecule has 320 valence electrons. The van der Waals surface area contributed by atoms with Gasteiger partial charge < -0.3 is 32.8 Å². The highest BCUT2D eigenvalue weighted by Crippen LogP contribution is 2.37. The van der Waals surface area contributed by atoms with E-state index in [4.69, 9.17) is 32.8 Å². The molecule has 1 saturated heterocycles. The quantitative estimate of drug-likeness (QED) is 0.112. The van der Waals surface area contributed by atoms with Crippen molar-refractivity contribution in [3.05, 3.63) is 23.8 Å². The summed E-state index contributed by atoms with van der Waals surface area (Å²) < 4.78 is 43.8. The zero-order chi connectivity index (χ0) is 42.5. The number of carbonyl (C=O) groups is 5. The van der Waals surface area contributed by atoms with E-state index >= 15 is 0 Å². The maximum absolute atomic E-state index is 14.1. The van der Waals surface area contributed by atoms with Gasteiger partial charge in [0.1, 0.15) is 18.8 Å². The third-order valence-electron chi connectivity index (χ3n) is 11.5.